The number of carbonyl (C=O) groups is 4. The van der Waals surface area contributed by atoms with E-state index in [1.54, 1.807) is 53.4 Å². The van der Waals surface area contributed by atoms with Gasteiger partial charge < -0.3 is 25.0 Å². The largest absolute Gasteiger partial charge is 0.458 e. The number of alkyl carbamates (subject to hydrolysis) is 1. The molecule has 228 valence electrons. The highest BCUT2D eigenvalue weighted by atomic mass is 16.6. The fraction of sp³-hybridized carbons (Fsp3) is 0.515. The van der Waals surface area contributed by atoms with E-state index in [-0.39, 0.29) is 12.5 Å². The van der Waals surface area contributed by atoms with Gasteiger partial charge in [0.05, 0.1) is 0 Å². The summed E-state index contributed by atoms with van der Waals surface area (Å²) in [6, 6.07) is 13.6. The molecular weight excluding hydrogens is 534 g/mol. The Bertz CT molecular complexity index is 1260. The molecule has 1 saturated carbocycles. The molecule has 9 heteroatoms. The lowest BCUT2D eigenvalue weighted by Gasteiger charge is -2.35. The molecule has 0 bridgehead atoms. The van der Waals surface area contributed by atoms with Crippen molar-refractivity contribution in [3.05, 3.63) is 71.3 Å². The lowest BCUT2D eigenvalue weighted by atomic mass is 9.97. The summed E-state index contributed by atoms with van der Waals surface area (Å²) >= 11 is 0. The third-order valence-corrected chi connectivity index (χ3v) is 6.60. The van der Waals surface area contributed by atoms with Crippen LogP contribution in [-0.2, 0) is 30.3 Å². The molecule has 2 aromatic rings. The second-order valence-electron chi connectivity index (χ2n) is 12.9. The number of benzene rings is 2. The van der Waals surface area contributed by atoms with E-state index in [1.165, 1.54) is 0 Å². The standard InChI is InChI=1S/C33H45N3O6/c1-21-14-12-13-17-25(21)27(36(24-18-19-24)29(38)22(2)34-31(40)42-33(6,7)8)28(37)35-26(30(39)41-32(3,4)5)20-23-15-10-9-11-16-23/h9-17,22,24,26-27H,18-20H2,1-8H3,(H,34,40)(H,35,37). The zero-order valence-corrected chi connectivity index (χ0v) is 26.0. The number of nitrogens with one attached hydrogen (secondary N) is 2. The lowest BCUT2D eigenvalue weighted by Crippen LogP contribution is -2.55. The quantitative estimate of drug-likeness (QED) is 0.383. The van der Waals surface area contributed by atoms with Crippen molar-refractivity contribution in [1.82, 2.24) is 15.5 Å². The number of aryl methyl sites for hydroxylation is 1. The van der Waals surface area contributed by atoms with Gasteiger partial charge in [-0.25, -0.2) is 9.59 Å². The molecule has 2 N–H and O–H groups in total. The van der Waals surface area contributed by atoms with E-state index in [0.717, 1.165) is 24.0 Å². The van der Waals surface area contributed by atoms with Crippen LogP contribution in [0.2, 0.25) is 0 Å². The van der Waals surface area contributed by atoms with Crippen molar-refractivity contribution in [3.63, 3.8) is 0 Å². The predicted octanol–water partition coefficient (Wildman–Crippen LogP) is 5.01. The van der Waals surface area contributed by atoms with Crippen LogP contribution in [0.4, 0.5) is 4.79 Å². The minimum Gasteiger partial charge on any atom is -0.458 e. The first-order valence-corrected chi connectivity index (χ1v) is 14.5. The normalized spacial score (nSPS) is 15.5. The molecule has 3 rings (SSSR count). The highest BCUT2D eigenvalue weighted by Crippen LogP contribution is 2.36. The Morgan fingerprint density at radius 1 is 0.857 bits per heavy atom. The van der Waals surface area contributed by atoms with Crippen LogP contribution >= 0.6 is 0 Å². The molecule has 2 aromatic carbocycles. The highest BCUT2D eigenvalue weighted by molar-refractivity contribution is 5.94. The lowest BCUT2D eigenvalue weighted by molar-refractivity contribution is -0.159. The molecule has 0 aliphatic heterocycles. The van der Waals surface area contributed by atoms with Crippen LogP contribution in [0.3, 0.4) is 0 Å². The predicted molar refractivity (Wildman–Crippen MR) is 161 cm³/mol. The highest BCUT2D eigenvalue weighted by Gasteiger charge is 2.44. The van der Waals surface area contributed by atoms with Crippen LogP contribution < -0.4 is 10.6 Å². The first-order valence-electron chi connectivity index (χ1n) is 14.5. The topological polar surface area (TPSA) is 114 Å². The number of nitrogens with zero attached hydrogens (tertiary/aromatic N) is 1. The van der Waals surface area contributed by atoms with Crippen LogP contribution in [-0.4, -0.2) is 58.1 Å². The molecule has 0 aromatic heterocycles. The van der Waals surface area contributed by atoms with Crippen molar-refractivity contribution in [2.45, 2.75) is 110 Å². The van der Waals surface area contributed by atoms with Gasteiger partial charge in [-0.05, 0) is 84.9 Å². The van der Waals surface area contributed by atoms with Crippen molar-refractivity contribution in [1.29, 1.82) is 0 Å². The van der Waals surface area contributed by atoms with E-state index in [2.05, 4.69) is 10.6 Å². The van der Waals surface area contributed by atoms with Gasteiger partial charge in [0.25, 0.3) is 0 Å². The van der Waals surface area contributed by atoms with Crippen LogP contribution in [0.1, 0.15) is 84.0 Å². The van der Waals surface area contributed by atoms with E-state index >= 15 is 0 Å². The maximum atomic E-state index is 14.3. The minimum atomic E-state index is -1.03. The summed E-state index contributed by atoms with van der Waals surface area (Å²) in [6.07, 6.45) is 0.944. The molecule has 3 amide bonds. The number of amides is 3. The smallest absolute Gasteiger partial charge is 0.408 e. The van der Waals surface area contributed by atoms with Crippen LogP contribution in [0.5, 0.6) is 0 Å². The van der Waals surface area contributed by atoms with E-state index in [9.17, 15) is 19.2 Å². The van der Waals surface area contributed by atoms with E-state index in [1.807, 2.05) is 61.5 Å². The maximum Gasteiger partial charge on any atom is 0.408 e. The van der Waals surface area contributed by atoms with Gasteiger partial charge in [-0.2, -0.15) is 0 Å². The van der Waals surface area contributed by atoms with Crippen molar-refractivity contribution in [2.75, 3.05) is 0 Å². The molecule has 0 heterocycles. The third-order valence-electron chi connectivity index (χ3n) is 6.60. The monoisotopic (exact) mass is 579 g/mol. The Labute approximate surface area is 249 Å². The average Bonchev–Trinajstić information content (AvgIpc) is 3.70. The van der Waals surface area contributed by atoms with Crippen molar-refractivity contribution in [2.24, 2.45) is 0 Å². The Morgan fingerprint density at radius 2 is 1.43 bits per heavy atom. The van der Waals surface area contributed by atoms with E-state index < -0.39 is 53.2 Å². The Kier molecular flexibility index (Phi) is 10.4. The van der Waals surface area contributed by atoms with Gasteiger partial charge in [0.15, 0.2) is 0 Å². The summed E-state index contributed by atoms with van der Waals surface area (Å²) in [5.74, 6) is -1.48. The number of rotatable bonds is 10. The van der Waals surface area contributed by atoms with Crippen molar-refractivity contribution >= 4 is 23.9 Å². The molecule has 3 unspecified atom stereocenters. The van der Waals surface area contributed by atoms with Gasteiger partial charge in [-0.1, -0.05) is 54.6 Å². The Morgan fingerprint density at radius 3 is 1.98 bits per heavy atom. The first kappa shape index (κ1) is 32.6. The van der Waals surface area contributed by atoms with Crippen molar-refractivity contribution in [3.8, 4) is 0 Å². The third kappa shape index (κ3) is 9.60. The van der Waals surface area contributed by atoms with Crippen LogP contribution in [0, 0.1) is 6.92 Å². The van der Waals surface area contributed by atoms with Crippen LogP contribution in [0.25, 0.3) is 0 Å². The first-order chi connectivity index (χ1) is 19.6. The fourth-order valence-electron chi connectivity index (χ4n) is 4.62. The van der Waals surface area contributed by atoms with Gasteiger partial charge in [-0.15, -0.1) is 0 Å². The summed E-state index contributed by atoms with van der Waals surface area (Å²) in [6.45, 7) is 14.0. The second-order valence-corrected chi connectivity index (χ2v) is 12.9. The average molecular weight is 580 g/mol. The van der Waals surface area contributed by atoms with Gasteiger partial charge in [-0.3, -0.25) is 9.59 Å². The summed E-state index contributed by atoms with van der Waals surface area (Å²) in [7, 11) is 0. The number of hydrogen-bond acceptors (Lipinski definition) is 6. The molecule has 42 heavy (non-hydrogen) atoms. The Hall–Kier alpha value is -3.88. The van der Waals surface area contributed by atoms with Crippen LogP contribution in [0.15, 0.2) is 54.6 Å². The summed E-state index contributed by atoms with van der Waals surface area (Å²) in [4.78, 5) is 55.6. The molecule has 1 aliphatic carbocycles. The van der Waals surface area contributed by atoms with Gasteiger partial charge in [0, 0.05) is 12.5 Å². The molecule has 0 saturated heterocycles. The fourth-order valence-corrected chi connectivity index (χ4v) is 4.62. The summed E-state index contributed by atoms with van der Waals surface area (Å²) < 4.78 is 11.0. The zero-order chi connectivity index (χ0) is 31.2. The maximum absolute atomic E-state index is 14.3. The molecular formula is C33H45N3O6. The molecule has 1 fully saturated rings. The second kappa shape index (κ2) is 13.4. The molecule has 0 spiro atoms. The van der Waals surface area contributed by atoms with E-state index in [4.69, 9.17) is 9.47 Å². The SMILES string of the molecule is Cc1ccccc1C(C(=O)NC(Cc1ccccc1)C(=O)OC(C)(C)C)N(C(=O)C(C)NC(=O)OC(C)(C)C)C1CC1. The zero-order valence-electron chi connectivity index (χ0n) is 26.0. The summed E-state index contributed by atoms with van der Waals surface area (Å²) in [5, 5.41) is 5.54. The number of ether oxygens (including phenoxy) is 2. The van der Waals surface area contributed by atoms with Crippen molar-refractivity contribution < 1.29 is 28.7 Å². The molecule has 9 nitrogen and oxygen atoms in total. The molecule has 1 aliphatic rings. The summed E-state index contributed by atoms with van der Waals surface area (Å²) in [5.41, 5.74) is 0.821. The molecule has 3 atom stereocenters. The van der Waals surface area contributed by atoms with E-state index in [0.29, 0.717) is 5.56 Å². The Balaban J connectivity index is 1.97. The van der Waals surface area contributed by atoms with Gasteiger partial charge in [0.2, 0.25) is 11.8 Å². The number of esters is 1. The van der Waals surface area contributed by atoms with Gasteiger partial charge >= 0.3 is 12.1 Å². The number of carbonyl (C=O) groups excluding carboxylic acids is 4. The number of hydrogen-bond donors (Lipinski definition) is 2. The van der Waals surface area contributed by atoms with Gasteiger partial charge in [0.1, 0.15) is 29.3 Å². The molecule has 0 radical (unpaired) electrons. The minimum absolute atomic E-state index is 0.190.